The average molecular weight is 249 g/mol. The van der Waals surface area contributed by atoms with Crippen LogP contribution in [0, 0.1) is 17.4 Å². The summed E-state index contributed by atoms with van der Waals surface area (Å²) in [5.41, 5.74) is 1.16. The molecule has 1 unspecified atom stereocenters. The molecule has 0 radical (unpaired) electrons. The predicted octanol–water partition coefficient (Wildman–Crippen LogP) is 2.16. The molecule has 0 aliphatic carbocycles. The first-order valence-electron chi connectivity index (χ1n) is 5.59. The molecule has 1 atom stereocenters. The first-order valence-corrected chi connectivity index (χ1v) is 5.97. The zero-order valence-electron chi connectivity index (χ0n) is 9.36. The Morgan fingerprint density at radius 3 is 3.12 bits per heavy atom. The van der Waals surface area contributed by atoms with Gasteiger partial charge < -0.3 is 0 Å². The Balaban J connectivity index is 1.88. The van der Waals surface area contributed by atoms with Crippen molar-refractivity contribution < 1.29 is 0 Å². The molecule has 0 saturated carbocycles. The number of hydrogen-bond acceptors (Lipinski definition) is 4. The van der Waals surface area contributed by atoms with Gasteiger partial charge in [0, 0.05) is 18.7 Å². The molecule has 0 amide bonds. The Labute approximate surface area is 105 Å². The maximum Gasteiger partial charge on any atom is 0.182 e. The summed E-state index contributed by atoms with van der Waals surface area (Å²) < 4.78 is 0. The molecule has 1 N–H and O–H groups in total. The van der Waals surface area contributed by atoms with Crippen LogP contribution in [0.15, 0.2) is 23.3 Å². The number of pyridine rings is 1. The quantitative estimate of drug-likeness (QED) is 0.507. The molecule has 1 aromatic rings. The number of nitrogens with zero attached hydrogens (tertiary/aromatic N) is 3. The number of aromatic nitrogens is 1. The van der Waals surface area contributed by atoms with Crippen molar-refractivity contribution in [3.05, 3.63) is 29.0 Å². The number of aryl methyl sites for hydroxylation is 1. The lowest BCUT2D eigenvalue weighted by Crippen LogP contribution is -2.24. The molecular weight excluding hydrogens is 236 g/mol. The maximum absolute atomic E-state index is 8.59. The molecule has 1 aliphatic heterocycles. The zero-order chi connectivity index (χ0) is 12.1. The van der Waals surface area contributed by atoms with Gasteiger partial charge in [-0.3, -0.25) is 10.3 Å². The van der Waals surface area contributed by atoms with Gasteiger partial charge in [0.25, 0.3) is 0 Å². The third-order valence-corrected chi connectivity index (χ3v) is 3.12. The van der Waals surface area contributed by atoms with Crippen LogP contribution in [0.1, 0.15) is 18.4 Å². The molecule has 2 heterocycles. The highest BCUT2D eigenvalue weighted by Crippen LogP contribution is 2.19. The van der Waals surface area contributed by atoms with Gasteiger partial charge in [-0.25, -0.2) is 4.98 Å². The van der Waals surface area contributed by atoms with Crippen LogP contribution in [0.4, 0.5) is 0 Å². The second-order valence-corrected chi connectivity index (χ2v) is 4.40. The van der Waals surface area contributed by atoms with E-state index in [1.807, 2.05) is 12.3 Å². The average Bonchev–Trinajstić information content (AvgIpc) is 2.77. The van der Waals surface area contributed by atoms with E-state index in [9.17, 15) is 0 Å². The third-order valence-electron chi connectivity index (χ3n) is 2.90. The monoisotopic (exact) mass is 248 g/mol. The maximum atomic E-state index is 8.59. The highest BCUT2D eigenvalue weighted by atomic mass is 35.5. The molecule has 0 fully saturated rings. The van der Waals surface area contributed by atoms with Gasteiger partial charge in [0.15, 0.2) is 6.19 Å². The number of rotatable bonds is 3. The normalized spacial score (nSPS) is 18.6. The van der Waals surface area contributed by atoms with Crippen molar-refractivity contribution in [2.45, 2.75) is 19.3 Å². The molecule has 4 nitrogen and oxygen atoms in total. The summed E-state index contributed by atoms with van der Waals surface area (Å²) in [4.78, 5) is 8.33. The van der Waals surface area contributed by atoms with Gasteiger partial charge in [-0.15, -0.1) is 0 Å². The van der Waals surface area contributed by atoms with Crippen molar-refractivity contribution >= 4 is 17.4 Å². The van der Waals surface area contributed by atoms with E-state index in [2.05, 4.69) is 15.3 Å². The topological polar surface area (TPSA) is 61.1 Å². The number of hydrogen-bond donors (Lipinski definition) is 1. The molecule has 88 valence electrons. The standard InChI is InChI=1S/C12H13ClN4/c13-11-4-2-9(7-16-11)1-3-10-5-6-15-12(10)17-8-14/h2,4,7,10H,1,3,5-6H2,(H,15,17). The molecular formula is C12H13ClN4. The summed E-state index contributed by atoms with van der Waals surface area (Å²) in [5, 5.41) is 11.8. The summed E-state index contributed by atoms with van der Waals surface area (Å²) in [7, 11) is 0. The summed E-state index contributed by atoms with van der Waals surface area (Å²) in [6, 6.07) is 3.78. The lowest BCUT2D eigenvalue weighted by Gasteiger charge is -2.10. The third kappa shape index (κ3) is 3.18. The molecule has 0 saturated heterocycles. The van der Waals surface area contributed by atoms with Crippen LogP contribution < -0.4 is 5.32 Å². The van der Waals surface area contributed by atoms with Crippen molar-refractivity contribution in [1.29, 1.82) is 5.26 Å². The molecule has 0 spiro atoms. The predicted molar refractivity (Wildman–Crippen MR) is 66.7 cm³/mol. The molecule has 1 aromatic heterocycles. The smallest absolute Gasteiger partial charge is 0.182 e. The second-order valence-electron chi connectivity index (χ2n) is 4.02. The highest BCUT2D eigenvalue weighted by Gasteiger charge is 2.20. The van der Waals surface area contributed by atoms with Crippen LogP contribution in [-0.4, -0.2) is 17.4 Å². The Kier molecular flexibility index (Phi) is 3.94. The van der Waals surface area contributed by atoms with Crippen molar-refractivity contribution in [3.8, 4) is 6.19 Å². The molecule has 2 rings (SSSR count). The minimum atomic E-state index is 0.366. The Hall–Kier alpha value is -1.60. The number of aliphatic imine (C=N–C) groups is 1. The first kappa shape index (κ1) is 11.9. The van der Waals surface area contributed by atoms with E-state index in [1.54, 1.807) is 12.3 Å². The molecule has 17 heavy (non-hydrogen) atoms. The highest BCUT2D eigenvalue weighted by molar-refractivity contribution is 6.29. The van der Waals surface area contributed by atoms with Gasteiger partial charge in [0.2, 0.25) is 0 Å². The van der Waals surface area contributed by atoms with Gasteiger partial charge in [-0.1, -0.05) is 17.7 Å². The van der Waals surface area contributed by atoms with Crippen LogP contribution in [-0.2, 0) is 6.42 Å². The Bertz CT molecular complexity index is 447. The molecule has 0 aromatic carbocycles. The van der Waals surface area contributed by atoms with Crippen LogP contribution in [0.3, 0.4) is 0 Å². The fourth-order valence-corrected chi connectivity index (χ4v) is 2.09. The van der Waals surface area contributed by atoms with E-state index in [0.717, 1.165) is 37.2 Å². The van der Waals surface area contributed by atoms with Crippen molar-refractivity contribution in [1.82, 2.24) is 10.3 Å². The first-order chi connectivity index (χ1) is 8.29. The van der Waals surface area contributed by atoms with Gasteiger partial charge in [-0.05, 0) is 30.9 Å². The number of nitrogens with one attached hydrogen (secondary N) is 1. The van der Waals surface area contributed by atoms with E-state index in [1.165, 1.54) is 0 Å². The van der Waals surface area contributed by atoms with Crippen molar-refractivity contribution in [2.75, 3.05) is 6.54 Å². The van der Waals surface area contributed by atoms with Crippen molar-refractivity contribution in [2.24, 2.45) is 10.9 Å². The lowest BCUT2D eigenvalue weighted by molar-refractivity contribution is 0.609. The fraction of sp³-hybridized carbons (Fsp3) is 0.417. The molecule has 1 aliphatic rings. The van der Waals surface area contributed by atoms with E-state index in [-0.39, 0.29) is 0 Å². The van der Waals surface area contributed by atoms with E-state index >= 15 is 0 Å². The summed E-state index contributed by atoms with van der Waals surface area (Å²) in [6.07, 6.45) is 6.67. The summed E-state index contributed by atoms with van der Waals surface area (Å²) >= 11 is 5.73. The van der Waals surface area contributed by atoms with E-state index in [0.29, 0.717) is 11.1 Å². The molecule has 5 heteroatoms. The molecule has 0 bridgehead atoms. The second kappa shape index (κ2) is 5.65. The van der Waals surface area contributed by atoms with Crippen LogP contribution in [0.2, 0.25) is 5.15 Å². The van der Waals surface area contributed by atoms with Gasteiger partial charge in [0.05, 0.1) is 0 Å². The summed E-state index contributed by atoms with van der Waals surface area (Å²) in [6.45, 7) is 0.813. The van der Waals surface area contributed by atoms with E-state index < -0.39 is 0 Å². The minimum Gasteiger partial charge on any atom is -0.280 e. The largest absolute Gasteiger partial charge is 0.280 e. The van der Waals surface area contributed by atoms with Crippen LogP contribution in [0.5, 0.6) is 0 Å². The van der Waals surface area contributed by atoms with E-state index in [4.69, 9.17) is 16.9 Å². The SMILES string of the molecule is N#CNC1=NCCC1CCc1ccc(Cl)nc1. The minimum absolute atomic E-state index is 0.366. The van der Waals surface area contributed by atoms with Crippen LogP contribution >= 0.6 is 11.6 Å². The Morgan fingerprint density at radius 1 is 1.53 bits per heavy atom. The number of nitriles is 1. The van der Waals surface area contributed by atoms with Gasteiger partial charge >= 0.3 is 0 Å². The van der Waals surface area contributed by atoms with Gasteiger partial charge in [-0.2, -0.15) is 5.26 Å². The van der Waals surface area contributed by atoms with Crippen molar-refractivity contribution in [3.63, 3.8) is 0 Å². The fourth-order valence-electron chi connectivity index (χ4n) is 1.98. The van der Waals surface area contributed by atoms with Crippen LogP contribution in [0.25, 0.3) is 0 Å². The van der Waals surface area contributed by atoms with Gasteiger partial charge in [0.1, 0.15) is 11.0 Å². The number of amidine groups is 1. The lowest BCUT2D eigenvalue weighted by atomic mass is 9.98. The zero-order valence-corrected chi connectivity index (χ0v) is 10.1. The Morgan fingerprint density at radius 2 is 2.41 bits per heavy atom. The summed E-state index contributed by atoms with van der Waals surface area (Å²) in [5.74, 6) is 1.19. The number of halogens is 1.